The zero-order chi connectivity index (χ0) is 16.2. The Hall–Kier alpha value is -1.90. The van der Waals surface area contributed by atoms with Gasteiger partial charge < -0.3 is 9.47 Å². The van der Waals surface area contributed by atoms with Crippen molar-refractivity contribution in [2.24, 2.45) is 5.14 Å². The van der Waals surface area contributed by atoms with Crippen molar-refractivity contribution in [1.82, 2.24) is 0 Å². The number of ether oxygens (including phenoxy) is 2. The highest BCUT2D eigenvalue weighted by molar-refractivity contribution is 7.91. The van der Waals surface area contributed by atoms with Gasteiger partial charge in [0.15, 0.2) is 0 Å². The van der Waals surface area contributed by atoms with E-state index < -0.39 is 16.0 Å². The second-order valence-corrected chi connectivity index (χ2v) is 7.20. The highest BCUT2D eigenvalue weighted by atomic mass is 32.2. The minimum absolute atomic E-state index is 0.0628. The van der Waals surface area contributed by atoms with Gasteiger partial charge in [-0.15, -0.1) is 11.3 Å². The van der Waals surface area contributed by atoms with Gasteiger partial charge in [-0.1, -0.05) is 17.7 Å². The fourth-order valence-corrected chi connectivity index (χ4v) is 3.16. The van der Waals surface area contributed by atoms with E-state index >= 15 is 0 Å². The lowest BCUT2D eigenvalue weighted by Gasteiger charge is -2.07. The van der Waals surface area contributed by atoms with Gasteiger partial charge >= 0.3 is 5.97 Å². The van der Waals surface area contributed by atoms with Crippen LogP contribution in [0.15, 0.2) is 39.9 Å². The first kappa shape index (κ1) is 16.5. The summed E-state index contributed by atoms with van der Waals surface area (Å²) >= 11 is 0.877. The van der Waals surface area contributed by atoms with E-state index in [9.17, 15) is 13.2 Å². The quantitative estimate of drug-likeness (QED) is 0.640. The van der Waals surface area contributed by atoms with E-state index in [2.05, 4.69) is 0 Å². The number of aryl methyl sites for hydroxylation is 1. The van der Waals surface area contributed by atoms with Crippen LogP contribution in [0, 0.1) is 6.92 Å². The molecule has 0 unspecified atom stereocenters. The standard InChI is InChI=1S/C14H15NO5S2/c1-10-2-4-12(5-3-10)19-6-7-20-14(16)11-8-13(21-9-11)22(15,17)18/h2-5,8-9H,6-7H2,1H3,(H2,15,17,18). The minimum atomic E-state index is -3.79. The Bertz CT molecular complexity index is 750. The Morgan fingerprint density at radius 1 is 1.23 bits per heavy atom. The molecule has 6 nitrogen and oxygen atoms in total. The lowest BCUT2D eigenvalue weighted by Crippen LogP contribution is -2.12. The molecule has 0 saturated carbocycles. The molecule has 1 aromatic carbocycles. The molecule has 0 aliphatic heterocycles. The van der Waals surface area contributed by atoms with E-state index in [0.29, 0.717) is 5.75 Å². The van der Waals surface area contributed by atoms with Gasteiger partial charge in [-0.05, 0) is 25.1 Å². The number of nitrogens with two attached hydrogens (primary N) is 1. The molecule has 2 N–H and O–H groups in total. The van der Waals surface area contributed by atoms with Crippen molar-refractivity contribution in [3.63, 3.8) is 0 Å². The fraction of sp³-hybridized carbons (Fsp3) is 0.214. The Morgan fingerprint density at radius 3 is 2.50 bits per heavy atom. The van der Waals surface area contributed by atoms with Gasteiger partial charge in [-0.3, -0.25) is 0 Å². The van der Waals surface area contributed by atoms with Gasteiger partial charge in [0.2, 0.25) is 10.0 Å². The molecule has 8 heteroatoms. The maximum atomic E-state index is 11.7. The van der Waals surface area contributed by atoms with Gasteiger partial charge in [0.1, 0.15) is 23.2 Å². The maximum Gasteiger partial charge on any atom is 0.339 e. The number of primary sulfonamides is 1. The number of sulfonamides is 1. The van der Waals surface area contributed by atoms with Crippen molar-refractivity contribution in [2.45, 2.75) is 11.1 Å². The Kier molecular flexibility index (Phi) is 5.17. The minimum Gasteiger partial charge on any atom is -0.490 e. The van der Waals surface area contributed by atoms with Gasteiger partial charge in [-0.25, -0.2) is 18.4 Å². The van der Waals surface area contributed by atoms with Crippen LogP contribution in [-0.4, -0.2) is 27.6 Å². The van der Waals surface area contributed by atoms with Crippen molar-refractivity contribution in [3.8, 4) is 5.75 Å². The molecule has 0 aliphatic carbocycles. The van der Waals surface area contributed by atoms with Crippen LogP contribution >= 0.6 is 11.3 Å². The third-order valence-corrected chi connectivity index (χ3v) is 5.08. The summed E-state index contributed by atoms with van der Waals surface area (Å²) in [6.07, 6.45) is 0. The molecule has 118 valence electrons. The molecule has 0 spiro atoms. The molecule has 2 aromatic rings. The summed E-state index contributed by atoms with van der Waals surface area (Å²) in [5, 5.41) is 6.37. The van der Waals surface area contributed by atoms with Crippen LogP contribution < -0.4 is 9.88 Å². The molecule has 0 amide bonds. The summed E-state index contributed by atoms with van der Waals surface area (Å²) in [5.41, 5.74) is 1.28. The number of carbonyl (C=O) groups is 1. The third kappa shape index (κ3) is 4.55. The van der Waals surface area contributed by atoms with Crippen LogP contribution in [0.3, 0.4) is 0 Å². The molecule has 0 saturated heterocycles. The van der Waals surface area contributed by atoms with Crippen LogP contribution in [0.2, 0.25) is 0 Å². The summed E-state index contributed by atoms with van der Waals surface area (Å²) in [5.74, 6) is 0.0762. The van der Waals surface area contributed by atoms with Crippen molar-refractivity contribution in [3.05, 3.63) is 46.8 Å². The molecule has 0 aliphatic rings. The summed E-state index contributed by atoms with van der Waals surface area (Å²) in [6.45, 7) is 2.25. The highest BCUT2D eigenvalue weighted by Crippen LogP contribution is 2.19. The first-order valence-electron chi connectivity index (χ1n) is 6.34. The van der Waals surface area contributed by atoms with Crippen LogP contribution in [0.25, 0.3) is 0 Å². The molecule has 1 aromatic heterocycles. The summed E-state index contributed by atoms with van der Waals surface area (Å²) in [6, 6.07) is 8.69. The summed E-state index contributed by atoms with van der Waals surface area (Å²) in [4.78, 5) is 11.7. The van der Waals surface area contributed by atoms with Crippen LogP contribution in [0.4, 0.5) is 0 Å². The molecular weight excluding hydrogens is 326 g/mol. The van der Waals surface area contributed by atoms with E-state index in [-0.39, 0.29) is 23.0 Å². The Balaban J connectivity index is 1.80. The first-order valence-corrected chi connectivity index (χ1v) is 8.77. The summed E-state index contributed by atoms with van der Waals surface area (Å²) < 4.78 is 32.6. The molecule has 2 rings (SSSR count). The average molecular weight is 341 g/mol. The number of thiophene rings is 1. The second-order valence-electron chi connectivity index (χ2n) is 4.50. The topological polar surface area (TPSA) is 95.7 Å². The maximum absolute atomic E-state index is 11.7. The van der Waals surface area contributed by atoms with Gasteiger partial charge in [-0.2, -0.15) is 0 Å². The molecule has 0 radical (unpaired) electrons. The van der Waals surface area contributed by atoms with Crippen LogP contribution in [0.5, 0.6) is 5.75 Å². The smallest absolute Gasteiger partial charge is 0.339 e. The number of hydrogen-bond acceptors (Lipinski definition) is 6. The van der Waals surface area contributed by atoms with E-state index in [0.717, 1.165) is 16.9 Å². The number of carbonyl (C=O) groups excluding carboxylic acids is 1. The third-order valence-electron chi connectivity index (χ3n) is 2.70. The van der Waals surface area contributed by atoms with E-state index in [1.54, 1.807) is 0 Å². The summed E-state index contributed by atoms with van der Waals surface area (Å²) in [7, 11) is -3.79. The predicted molar refractivity (Wildman–Crippen MR) is 82.6 cm³/mol. The Labute approximate surface area is 132 Å². The van der Waals surface area contributed by atoms with Gasteiger partial charge in [0.25, 0.3) is 0 Å². The molecule has 0 atom stereocenters. The first-order chi connectivity index (χ1) is 10.4. The van der Waals surface area contributed by atoms with Gasteiger partial charge in [0.05, 0.1) is 5.56 Å². The van der Waals surface area contributed by atoms with Crippen molar-refractivity contribution >= 4 is 27.3 Å². The number of esters is 1. The molecule has 0 fully saturated rings. The zero-order valence-electron chi connectivity index (χ0n) is 11.8. The SMILES string of the molecule is Cc1ccc(OCCOC(=O)c2csc(S(N)(=O)=O)c2)cc1. The Morgan fingerprint density at radius 2 is 1.91 bits per heavy atom. The molecule has 22 heavy (non-hydrogen) atoms. The lowest BCUT2D eigenvalue weighted by molar-refractivity contribution is 0.0451. The van der Waals surface area contributed by atoms with Gasteiger partial charge in [0, 0.05) is 5.38 Å². The zero-order valence-corrected chi connectivity index (χ0v) is 13.4. The van der Waals surface area contributed by atoms with E-state index in [1.807, 2.05) is 31.2 Å². The number of rotatable bonds is 6. The average Bonchev–Trinajstić information content (AvgIpc) is 2.95. The monoisotopic (exact) mass is 341 g/mol. The van der Waals surface area contributed by atoms with Crippen molar-refractivity contribution < 1.29 is 22.7 Å². The van der Waals surface area contributed by atoms with Crippen molar-refractivity contribution in [2.75, 3.05) is 13.2 Å². The van der Waals surface area contributed by atoms with Crippen LogP contribution in [-0.2, 0) is 14.8 Å². The number of hydrogen-bond donors (Lipinski definition) is 1. The molecular formula is C14H15NO5S2. The fourth-order valence-electron chi connectivity index (χ4n) is 1.58. The normalized spacial score (nSPS) is 11.2. The van der Waals surface area contributed by atoms with Crippen LogP contribution in [0.1, 0.15) is 15.9 Å². The predicted octanol–water partition coefficient (Wildman–Crippen LogP) is 1.94. The van der Waals surface area contributed by atoms with E-state index in [4.69, 9.17) is 14.6 Å². The lowest BCUT2D eigenvalue weighted by atomic mass is 10.2. The molecule has 0 bridgehead atoms. The largest absolute Gasteiger partial charge is 0.490 e. The second kappa shape index (κ2) is 6.91. The number of benzene rings is 1. The molecule has 1 heterocycles. The van der Waals surface area contributed by atoms with E-state index in [1.165, 1.54) is 11.4 Å². The van der Waals surface area contributed by atoms with Crippen molar-refractivity contribution in [1.29, 1.82) is 0 Å². The highest BCUT2D eigenvalue weighted by Gasteiger charge is 2.16.